The predicted octanol–water partition coefficient (Wildman–Crippen LogP) is 2.23. The molecule has 2 heterocycles. The molecule has 4 rings (SSSR count). The number of nitrogens with zero attached hydrogens (tertiary/aromatic N) is 3. The maximum absolute atomic E-state index is 13.7. The maximum atomic E-state index is 13.7. The van der Waals surface area contributed by atoms with Gasteiger partial charge in [0.1, 0.15) is 16.7 Å². The molecule has 2 aromatic carbocycles. The van der Waals surface area contributed by atoms with E-state index in [0.717, 1.165) is 17.1 Å². The van der Waals surface area contributed by atoms with Crippen molar-refractivity contribution in [2.24, 2.45) is 5.92 Å². The first-order valence-corrected chi connectivity index (χ1v) is 14.2. The Hall–Kier alpha value is -2.81. The number of hydrogen-bond donors (Lipinski definition) is 1. The lowest BCUT2D eigenvalue weighted by atomic mass is 10.0. The first-order chi connectivity index (χ1) is 18.1. The van der Waals surface area contributed by atoms with Crippen molar-refractivity contribution in [2.75, 3.05) is 54.2 Å². The summed E-state index contributed by atoms with van der Waals surface area (Å²) in [5, 5.41) is 9.86. The third-order valence-corrected chi connectivity index (χ3v) is 8.70. The number of sulfonamides is 1. The van der Waals surface area contributed by atoms with Crippen LogP contribution in [0.3, 0.4) is 0 Å². The molecule has 9 nitrogen and oxygen atoms in total. The predicted molar refractivity (Wildman–Crippen MR) is 145 cm³/mol. The Kier molecular flexibility index (Phi) is 8.85. The van der Waals surface area contributed by atoms with Crippen LogP contribution >= 0.6 is 0 Å². The summed E-state index contributed by atoms with van der Waals surface area (Å²) in [6.45, 7) is 5.69. The lowest BCUT2D eigenvalue weighted by Gasteiger charge is -2.37. The zero-order valence-corrected chi connectivity index (χ0v) is 23.5. The van der Waals surface area contributed by atoms with Gasteiger partial charge in [-0.3, -0.25) is 9.80 Å². The van der Waals surface area contributed by atoms with E-state index in [1.54, 1.807) is 25.1 Å². The van der Waals surface area contributed by atoms with E-state index in [4.69, 9.17) is 14.2 Å². The summed E-state index contributed by atoms with van der Waals surface area (Å²) in [6, 6.07) is 10.3. The van der Waals surface area contributed by atoms with E-state index in [2.05, 4.69) is 16.7 Å². The maximum Gasteiger partial charge on any atom is 0.247 e. The van der Waals surface area contributed by atoms with E-state index in [9.17, 15) is 13.5 Å². The Morgan fingerprint density at radius 3 is 2.61 bits per heavy atom. The van der Waals surface area contributed by atoms with Gasteiger partial charge in [0.15, 0.2) is 11.5 Å². The Labute approximate surface area is 225 Å². The van der Waals surface area contributed by atoms with E-state index in [1.165, 1.54) is 4.31 Å². The Balaban J connectivity index is 1.63. The first-order valence-electron chi connectivity index (χ1n) is 12.7. The van der Waals surface area contributed by atoms with Crippen LogP contribution in [0.15, 0.2) is 41.3 Å². The van der Waals surface area contributed by atoms with Crippen LogP contribution in [-0.4, -0.2) is 94.0 Å². The van der Waals surface area contributed by atoms with Crippen molar-refractivity contribution >= 4 is 10.0 Å². The van der Waals surface area contributed by atoms with E-state index in [-0.39, 0.29) is 42.6 Å². The molecule has 1 N–H and O–H groups in total. The van der Waals surface area contributed by atoms with Crippen LogP contribution in [0.5, 0.6) is 17.2 Å². The normalized spacial score (nSPS) is 21.2. The summed E-state index contributed by atoms with van der Waals surface area (Å²) in [7, 11) is 1.99. The molecule has 206 valence electrons. The molecule has 10 heteroatoms. The van der Waals surface area contributed by atoms with Gasteiger partial charge in [-0.05, 0) is 64.0 Å². The summed E-state index contributed by atoms with van der Waals surface area (Å²) in [5.41, 5.74) is 1.76. The average molecular weight is 544 g/mol. The molecular formula is C28H37N3O6S. The van der Waals surface area contributed by atoms with E-state index in [0.29, 0.717) is 25.2 Å². The highest BCUT2D eigenvalue weighted by molar-refractivity contribution is 7.89. The number of benzene rings is 2. The number of aliphatic hydroxyl groups excluding tert-OH is 1. The standard InChI is InChI=1S/C28H37N3O6S/c1-20-15-31(21(2)18-32)38(33,34)28-11-9-22(7-6-12-29(3)4)13-26(28)37-27(20)17-30(5)16-23-8-10-24-25(14-23)36-19-35-24/h8-11,13-14,20-21,27,32H,12,15-19H2,1-5H3/t20-,21-,27-/m0/s1. The van der Waals surface area contributed by atoms with Crippen LogP contribution in [0, 0.1) is 17.8 Å². The SMILES string of the molecule is C[C@H]1CN([C@@H](C)CO)S(=O)(=O)c2ccc(C#CCN(C)C)cc2O[C@H]1CN(C)Cc1ccc2c(c1)OCO2. The van der Waals surface area contributed by atoms with Crippen molar-refractivity contribution in [2.45, 2.75) is 37.4 Å². The number of likely N-dealkylation sites (N-methyl/N-ethyl adjacent to an activating group) is 1. The Morgan fingerprint density at radius 1 is 1.11 bits per heavy atom. The van der Waals surface area contributed by atoms with Gasteiger partial charge in [-0.1, -0.05) is 24.8 Å². The summed E-state index contributed by atoms with van der Waals surface area (Å²) < 4.78 is 46.1. The van der Waals surface area contributed by atoms with Gasteiger partial charge in [-0.15, -0.1) is 0 Å². The van der Waals surface area contributed by atoms with Gasteiger partial charge in [-0.25, -0.2) is 8.42 Å². The molecule has 2 aromatic rings. The van der Waals surface area contributed by atoms with Crippen LogP contribution in [0.2, 0.25) is 0 Å². The molecule has 38 heavy (non-hydrogen) atoms. The largest absolute Gasteiger partial charge is 0.487 e. The monoisotopic (exact) mass is 543 g/mol. The topological polar surface area (TPSA) is 91.8 Å². The number of hydrogen-bond acceptors (Lipinski definition) is 8. The number of fused-ring (bicyclic) bond motifs is 2. The Bertz CT molecular complexity index is 1300. The molecule has 0 aromatic heterocycles. The van der Waals surface area contributed by atoms with E-state index >= 15 is 0 Å². The quantitative estimate of drug-likeness (QED) is 0.532. The van der Waals surface area contributed by atoms with Gasteiger partial charge in [0.2, 0.25) is 16.8 Å². The highest BCUT2D eigenvalue weighted by atomic mass is 32.2. The fraction of sp³-hybridized carbons (Fsp3) is 0.500. The zero-order valence-electron chi connectivity index (χ0n) is 22.7. The molecule has 0 fully saturated rings. The molecule has 0 spiro atoms. The van der Waals surface area contributed by atoms with Crippen molar-refractivity contribution in [1.82, 2.24) is 14.1 Å². The minimum atomic E-state index is -3.89. The average Bonchev–Trinajstić information content (AvgIpc) is 3.33. The van der Waals surface area contributed by atoms with Crippen molar-refractivity contribution in [3.05, 3.63) is 47.5 Å². The van der Waals surface area contributed by atoms with Crippen molar-refractivity contribution in [1.29, 1.82) is 0 Å². The Morgan fingerprint density at radius 2 is 1.87 bits per heavy atom. The second-order valence-electron chi connectivity index (χ2n) is 10.3. The van der Waals surface area contributed by atoms with Crippen LogP contribution in [0.1, 0.15) is 25.0 Å². The molecule has 0 saturated heterocycles. The van der Waals surface area contributed by atoms with Crippen LogP contribution in [-0.2, 0) is 16.6 Å². The molecule has 0 aliphatic carbocycles. The van der Waals surface area contributed by atoms with Gasteiger partial charge in [0, 0.05) is 37.2 Å². The minimum absolute atomic E-state index is 0.0892. The lowest BCUT2D eigenvalue weighted by Crippen LogP contribution is -2.49. The van der Waals surface area contributed by atoms with Gasteiger partial charge in [0.05, 0.1) is 13.2 Å². The van der Waals surface area contributed by atoms with Gasteiger partial charge >= 0.3 is 0 Å². The van der Waals surface area contributed by atoms with Gasteiger partial charge in [0.25, 0.3) is 0 Å². The second kappa shape index (κ2) is 11.9. The summed E-state index contributed by atoms with van der Waals surface area (Å²) in [4.78, 5) is 4.20. The molecule has 2 aliphatic heterocycles. The van der Waals surface area contributed by atoms with E-state index < -0.39 is 16.1 Å². The second-order valence-corrected chi connectivity index (χ2v) is 12.2. The van der Waals surface area contributed by atoms with E-state index in [1.807, 2.05) is 51.2 Å². The molecule has 0 radical (unpaired) electrons. The third-order valence-electron chi connectivity index (χ3n) is 6.68. The molecular weight excluding hydrogens is 506 g/mol. The fourth-order valence-corrected chi connectivity index (χ4v) is 6.37. The smallest absolute Gasteiger partial charge is 0.247 e. The summed E-state index contributed by atoms with van der Waals surface area (Å²) in [5.74, 6) is 7.81. The van der Waals surface area contributed by atoms with Crippen LogP contribution in [0.4, 0.5) is 0 Å². The lowest BCUT2D eigenvalue weighted by molar-refractivity contribution is 0.0733. The number of rotatable bonds is 7. The van der Waals surface area contributed by atoms with Gasteiger partial charge in [-0.2, -0.15) is 4.31 Å². The number of aliphatic hydroxyl groups is 1. The molecule has 0 unspecified atom stereocenters. The number of ether oxygens (including phenoxy) is 3. The minimum Gasteiger partial charge on any atom is -0.487 e. The van der Waals surface area contributed by atoms with Crippen molar-refractivity contribution in [3.63, 3.8) is 0 Å². The summed E-state index contributed by atoms with van der Waals surface area (Å²) in [6.07, 6.45) is -0.304. The first kappa shape index (κ1) is 28.2. The van der Waals surface area contributed by atoms with Crippen LogP contribution in [0.25, 0.3) is 0 Å². The highest BCUT2D eigenvalue weighted by Gasteiger charge is 2.38. The molecule has 3 atom stereocenters. The fourth-order valence-electron chi connectivity index (χ4n) is 4.54. The zero-order chi connectivity index (χ0) is 27.4. The highest BCUT2D eigenvalue weighted by Crippen LogP contribution is 2.35. The molecule has 0 amide bonds. The van der Waals surface area contributed by atoms with Crippen LogP contribution < -0.4 is 14.2 Å². The molecule has 0 saturated carbocycles. The van der Waals surface area contributed by atoms with Crippen molar-refractivity contribution < 1.29 is 27.7 Å². The summed E-state index contributed by atoms with van der Waals surface area (Å²) >= 11 is 0. The van der Waals surface area contributed by atoms with Crippen molar-refractivity contribution in [3.8, 4) is 29.1 Å². The molecule has 2 aliphatic rings. The third kappa shape index (κ3) is 6.42. The molecule has 0 bridgehead atoms. The van der Waals surface area contributed by atoms with Gasteiger partial charge < -0.3 is 19.3 Å².